The van der Waals surface area contributed by atoms with Crippen LogP contribution in [0.25, 0.3) is 0 Å². The van der Waals surface area contributed by atoms with Crippen molar-refractivity contribution in [1.82, 2.24) is 10.6 Å². The Bertz CT molecular complexity index is 830. The number of hydrogen-bond acceptors (Lipinski definition) is 5. The minimum absolute atomic E-state index is 0. The molecule has 2 aromatic carbocycles. The van der Waals surface area contributed by atoms with Gasteiger partial charge in [-0.3, -0.25) is 4.99 Å². The number of methoxy groups -OCH3 is 3. The van der Waals surface area contributed by atoms with E-state index in [0.29, 0.717) is 18.9 Å². The van der Waals surface area contributed by atoms with Gasteiger partial charge in [0.05, 0.1) is 27.9 Å². The fraction of sp³-hybridized carbons (Fsp3) is 0.435. The van der Waals surface area contributed by atoms with E-state index in [-0.39, 0.29) is 24.0 Å². The molecule has 0 aliphatic carbocycles. The standard InChI is InChI=1S/C23H33N3O4.HI/c1-6-30-21-15-17(12-13-19(21)27-3)9-8-14-25-23(24-2)26-16-18-10-7-11-20(28-4)22(18)29-5;/h7,10-13,15H,6,8-9,14,16H2,1-5H3,(H2,24,25,26);1H. The Hall–Kier alpha value is -2.36. The number of rotatable bonds is 11. The van der Waals surface area contributed by atoms with Gasteiger partial charge >= 0.3 is 0 Å². The number of aliphatic imine (C=N–C) groups is 1. The monoisotopic (exact) mass is 543 g/mol. The van der Waals surface area contributed by atoms with Crippen LogP contribution in [-0.4, -0.2) is 47.5 Å². The van der Waals surface area contributed by atoms with Crippen LogP contribution in [0.3, 0.4) is 0 Å². The normalized spacial score (nSPS) is 10.7. The average Bonchev–Trinajstić information content (AvgIpc) is 2.78. The summed E-state index contributed by atoms with van der Waals surface area (Å²) in [6.45, 7) is 3.96. The van der Waals surface area contributed by atoms with Gasteiger partial charge in [-0.25, -0.2) is 0 Å². The Morgan fingerprint density at radius 3 is 2.35 bits per heavy atom. The molecule has 7 nitrogen and oxygen atoms in total. The van der Waals surface area contributed by atoms with Gasteiger partial charge in [-0.05, 0) is 43.5 Å². The molecule has 31 heavy (non-hydrogen) atoms. The van der Waals surface area contributed by atoms with Gasteiger partial charge in [0.25, 0.3) is 0 Å². The maximum absolute atomic E-state index is 5.65. The second-order valence-corrected chi connectivity index (χ2v) is 6.53. The smallest absolute Gasteiger partial charge is 0.191 e. The number of benzene rings is 2. The predicted molar refractivity (Wildman–Crippen MR) is 136 cm³/mol. The maximum Gasteiger partial charge on any atom is 0.191 e. The van der Waals surface area contributed by atoms with Gasteiger partial charge in [-0.15, -0.1) is 24.0 Å². The Kier molecular flexibility index (Phi) is 12.6. The van der Waals surface area contributed by atoms with Crippen molar-refractivity contribution in [2.45, 2.75) is 26.3 Å². The average molecular weight is 543 g/mol. The van der Waals surface area contributed by atoms with Crippen molar-refractivity contribution in [2.75, 3.05) is 41.5 Å². The summed E-state index contributed by atoms with van der Waals surface area (Å²) in [7, 11) is 6.69. The lowest BCUT2D eigenvalue weighted by Gasteiger charge is -2.15. The van der Waals surface area contributed by atoms with Gasteiger partial charge in [-0.2, -0.15) is 0 Å². The largest absolute Gasteiger partial charge is 0.493 e. The summed E-state index contributed by atoms with van der Waals surface area (Å²) in [6.07, 6.45) is 1.89. The molecule has 2 N–H and O–H groups in total. The molecule has 0 heterocycles. The first-order valence-corrected chi connectivity index (χ1v) is 10.1. The van der Waals surface area contributed by atoms with E-state index in [1.54, 1.807) is 28.4 Å². The lowest BCUT2D eigenvalue weighted by Crippen LogP contribution is -2.37. The molecule has 0 saturated heterocycles. The number of aryl methyl sites for hydroxylation is 1. The van der Waals surface area contributed by atoms with Crippen LogP contribution in [0, 0.1) is 0 Å². The highest BCUT2D eigenvalue weighted by Crippen LogP contribution is 2.30. The molecule has 2 rings (SSSR count). The summed E-state index contributed by atoms with van der Waals surface area (Å²) in [5.41, 5.74) is 2.21. The SMILES string of the molecule is CCOc1cc(CCCNC(=NC)NCc2cccc(OC)c2OC)ccc1OC.I. The first-order chi connectivity index (χ1) is 14.7. The fourth-order valence-electron chi connectivity index (χ4n) is 3.14. The molecule has 0 spiro atoms. The lowest BCUT2D eigenvalue weighted by molar-refractivity contribution is 0.310. The Labute approximate surface area is 202 Å². The summed E-state index contributed by atoms with van der Waals surface area (Å²) in [5.74, 6) is 3.73. The van der Waals surface area contributed by atoms with E-state index >= 15 is 0 Å². The Morgan fingerprint density at radius 1 is 0.935 bits per heavy atom. The summed E-state index contributed by atoms with van der Waals surface area (Å²) in [5, 5.41) is 6.67. The zero-order chi connectivity index (χ0) is 21.8. The van der Waals surface area contributed by atoms with Crippen LogP contribution in [0.15, 0.2) is 41.4 Å². The third kappa shape index (κ3) is 8.01. The molecular formula is C23H34IN3O4. The number of hydrogen-bond donors (Lipinski definition) is 2. The molecule has 0 bridgehead atoms. The third-order valence-electron chi connectivity index (χ3n) is 4.62. The van der Waals surface area contributed by atoms with Crippen molar-refractivity contribution in [2.24, 2.45) is 4.99 Å². The van der Waals surface area contributed by atoms with Crippen LogP contribution >= 0.6 is 24.0 Å². The molecule has 0 aromatic heterocycles. The number of guanidine groups is 1. The molecule has 0 saturated carbocycles. The minimum atomic E-state index is 0. The van der Waals surface area contributed by atoms with Crippen LogP contribution in [0.4, 0.5) is 0 Å². The number of halogens is 1. The van der Waals surface area contributed by atoms with Gasteiger partial charge in [-0.1, -0.05) is 18.2 Å². The number of para-hydroxylation sites is 1. The first-order valence-electron chi connectivity index (χ1n) is 10.1. The van der Waals surface area contributed by atoms with E-state index in [1.807, 2.05) is 37.3 Å². The van der Waals surface area contributed by atoms with Gasteiger partial charge in [0.15, 0.2) is 29.0 Å². The summed E-state index contributed by atoms with van der Waals surface area (Å²) in [4.78, 5) is 4.29. The van der Waals surface area contributed by atoms with Gasteiger partial charge in [0.2, 0.25) is 0 Å². The number of nitrogens with one attached hydrogen (secondary N) is 2. The van der Waals surface area contributed by atoms with Gasteiger partial charge in [0, 0.05) is 25.7 Å². The van der Waals surface area contributed by atoms with E-state index in [0.717, 1.165) is 48.2 Å². The molecule has 0 aliphatic heterocycles. The highest BCUT2D eigenvalue weighted by molar-refractivity contribution is 14.0. The lowest BCUT2D eigenvalue weighted by atomic mass is 10.1. The molecule has 0 atom stereocenters. The van der Waals surface area contributed by atoms with E-state index < -0.39 is 0 Å². The maximum atomic E-state index is 5.65. The van der Waals surface area contributed by atoms with Crippen molar-refractivity contribution in [1.29, 1.82) is 0 Å². The van der Waals surface area contributed by atoms with Crippen molar-refractivity contribution in [3.63, 3.8) is 0 Å². The minimum Gasteiger partial charge on any atom is -0.493 e. The van der Waals surface area contributed by atoms with Crippen molar-refractivity contribution >= 4 is 29.9 Å². The Morgan fingerprint density at radius 2 is 1.71 bits per heavy atom. The molecule has 8 heteroatoms. The molecule has 0 fully saturated rings. The van der Waals surface area contributed by atoms with Crippen molar-refractivity contribution < 1.29 is 18.9 Å². The Balaban J connectivity index is 0.00000480. The van der Waals surface area contributed by atoms with E-state index in [9.17, 15) is 0 Å². The van der Waals surface area contributed by atoms with Crippen molar-refractivity contribution in [3.8, 4) is 23.0 Å². The second-order valence-electron chi connectivity index (χ2n) is 6.53. The van der Waals surface area contributed by atoms with Crippen molar-refractivity contribution in [3.05, 3.63) is 47.5 Å². The molecule has 0 radical (unpaired) electrons. The molecule has 0 aliphatic rings. The highest BCUT2D eigenvalue weighted by atomic mass is 127. The molecule has 172 valence electrons. The fourth-order valence-corrected chi connectivity index (χ4v) is 3.14. The summed E-state index contributed by atoms with van der Waals surface area (Å²) < 4.78 is 21.8. The van der Waals surface area contributed by atoms with E-state index in [2.05, 4.69) is 21.7 Å². The van der Waals surface area contributed by atoms with E-state index in [1.165, 1.54) is 5.56 Å². The second kappa shape index (κ2) is 14.6. The third-order valence-corrected chi connectivity index (χ3v) is 4.62. The van der Waals surface area contributed by atoms with Gasteiger partial charge < -0.3 is 29.6 Å². The molecule has 0 unspecified atom stereocenters. The predicted octanol–water partition coefficient (Wildman–Crippen LogP) is 4.03. The van der Waals surface area contributed by atoms with E-state index in [4.69, 9.17) is 18.9 Å². The number of nitrogens with zero attached hydrogens (tertiary/aromatic N) is 1. The summed E-state index contributed by atoms with van der Waals surface area (Å²) in [6, 6.07) is 11.9. The number of ether oxygens (including phenoxy) is 4. The zero-order valence-corrected chi connectivity index (χ0v) is 21.3. The van der Waals surface area contributed by atoms with Crippen LogP contribution in [0.2, 0.25) is 0 Å². The molecular weight excluding hydrogens is 509 g/mol. The first kappa shape index (κ1) is 26.7. The quantitative estimate of drug-likeness (QED) is 0.193. The zero-order valence-electron chi connectivity index (χ0n) is 19.0. The topological polar surface area (TPSA) is 73.3 Å². The molecule has 2 aromatic rings. The van der Waals surface area contributed by atoms with Crippen LogP contribution in [-0.2, 0) is 13.0 Å². The molecule has 0 amide bonds. The van der Waals surface area contributed by atoms with Gasteiger partial charge in [0.1, 0.15) is 0 Å². The summed E-state index contributed by atoms with van der Waals surface area (Å²) >= 11 is 0. The van der Waals surface area contributed by atoms with Crippen LogP contribution in [0.5, 0.6) is 23.0 Å². The highest BCUT2D eigenvalue weighted by Gasteiger charge is 2.10. The van der Waals surface area contributed by atoms with Crippen LogP contribution < -0.4 is 29.6 Å². The van der Waals surface area contributed by atoms with Crippen LogP contribution in [0.1, 0.15) is 24.5 Å².